The number of hydrogen-bond acceptors (Lipinski definition) is 4. The monoisotopic (exact) mass is 514 g/mol. The SMILES string of the molecule is CC[C@H](O[Si](C)(C)C(C)(C)C)[C@@H](C)C(=O)C(C)C(=O)[C@H](C)[C@H](O[Si](CC)(CC)CC)[C@@H](C)CC. The van der Waals surface area contributed by atoms with Crippen LogP contribution in [-0.2, 0) is 18.4 Å². The van der Waals surface area contributed by atoms with Gasteiger partial charge in [0.2, 0.25) is 0 Å². The second kappa shape index (κ2) is 13.9. The third kappa shape index (κ3) is 8.38. The highest BCUT2D eigenvalue weighted by Gasteiger charge is 2.43. The van der Waals surface area contributed by atoms with Gasteiger partial charge in [0.1, 0.15) is 11.6 Å². The van der Waals surface area contributed by atoms with Gasteiger partial charge >= 0.3 is 0 Å². The molecule has 0 spiro atoms. The van der Waals surface area contributed by atoms with Crippen LogP contribution in [0.25, 0.3) is 0 Å². The lowest BCUT2D eigenvalue weighted by atomic mass is 9.80. The summed E-state index contributed by atoms with van der Waals surface area (Å²) in [5, 5.41) is 0.0776. The van der Waals surface area contributed by atoms with Gasteiger partial charge in [0, 0.05) is 11.8 Å². The van der Waals surface area contributed by atoms with E-state index in [1.165, 1.54) is 0 Å². The molecule has 0 N–H and O–H groups in total. The smallest absolute Gasteiger partial charge is 0.192 e. The molecule has 0 aromatic rings. The average molecular weight is 515 g/mol. The van der Waals surface area contributed by atoms with Gasteiger partial charge in [-0.05, 0) is 55.5 Å². The Morgan fingerprint density at radius 3 is 1.53 bits per heavy atom. The molecule has 0 radical (unpaired) electrons. The van der Waals surface area contributed by atoms with Crippen LogP contribution in [0.5, 0.6) is 0 Å². The van der Waals surface area contributed by atoms with Crippen LogP contribution >= 0.6 is 0 Å². The van der Waals surface area contributed by atoms with Crippen molar-refractivity contribution in [1.29, 1.82) is 0 Å². The minimum absolute atomic E-state index is 0.00953. The van der Waals surface area contributed by atoms with Gasteiger partial charge in [-0.3, -0.25) is 9.59 Å². The summed E-state index contributed by atoms with van der Waals surface area (Å²) in [4.78, 5) is 27.2. The van der Waals surface area contributed by atoms with E-state index in [1.54, 1.807) is 6.92 Å². The van der Waals surface area contributed by atoms with Crippen molar-refractivity contribution in [2.24, 2.45) is 23.7 Å². The lowest BCUT2D eigenvalue weighted by molar-refractivity contribution is -0.139. The predicted molar refractivity (Wildman–Crippen MR) is 151 cm³/mol. The Hall–Kier alpha value is -0.306. The predicted octanol–water partition coefficient (Wildman–Crippen LogP) is 8.27. The number of carbonyl (C=O) groups excluding carboxylic acids is 2. The number of Topliss-reactive ketones (excluding diaryl/α,β-unsaturated/α-hetero) is 2. The molecule has 202 valence electrons. The van der Waals surface area contributed by atoms with E-state index in [0.717, 1.165) is 31.0 Å². The van der Waals surface area contributed by atoms with Crippen molar-refractivity contribution in [2.45, 2.75) is 144 Å². The maximum atomic E-state index is 13.6. The van der Waals surface area contributed by atoms with E-state index >= 15 is 0 Å². The summed E-state index contributed by atoms with van der Waals surface area (Å²) >= 11 is 0. The van der Waals surface area contributed by atoms with E-state index in [1.807, 2.05) is 13.8 Å². The summed E-state index contributed by atoms with van der Waals surface area (Å²) in [7, 11) is -3.88. The topological polar surface area (TPSA) is 52.6 Å². The molecule has 0 saturated carbocycles. The van der Waals surface area contributed by atoms with Gasteiger partial charge in [-0.1, -0.05) is 82.6 Å². The van der Waals surface area contributed by atoms with Crippen molar-refractivity contribution in [1.82, 2.24) is 0 Å². The van der Waals surface area contributed by atoms with Crippen molar-refractivity contribution in [3.63, 3.8) is 0 Å². The first kappa shape index (κ1) is 33.7. The summed E-state index contributed by atoms with van der Waals surface area (Å²) in [5.41, 5.74) is 0. The molecule has 0 saturated heterocycles. The Morgan fingerprint density at radius 2 is 1.18 bits per heavy atom. The fourth-order valence-electron chi connectivity index (χ4n) is 4.60. The number of carbonyl (C=O) groups is 2. The second-order valence-corrected chi connectivity index (χ2v) is 21.6. The van der Waals surface area contributed by atoms with Crippen LogP contribution in [0.15, 0.2) is 0 Å². The first-order chi connectivity index (χ1) is 15.5. The molecule has 6 heteroatoms. The van der Waals surface area contributed by atoms with Gasteiger partial charge < -0.3 is 8.85 Å². The maximum absolute atomic E-state index is 13.6. The van der Waals surface area contributed by atoms with Crippen molar-refractivity contribution < 1.29 is 18.4 Å². The molecule has 0 heterocycles. The van der Waals surface area contributed by atoms with Gasteiger partial charge in [0.05, 0.1) is 18.1 Å². The molecule has 6 atom stereocenters. The summed E-state index contributed by atoms with van der Waals surface area (Å²) in [6.45, 7) is 29.9. The lowest BCUT2D eigenvalue weighted by Crippen LogP contribution is -2.49. The summed E-state index contributed by atoms with van der Waals surface area (Å²) in [5.74, 6) is -0.924. The second-order valence-electron chi connectivity index (χ2n) is 12.1. The van der Waals surface area contributed by atoms with Gasteiger partial charge in [-0.15, -0.1) is 0 Å². The fourth-order valence-corrected chi connectivity index (χ4v) is 9.10. The van der Waals surface area contributed by atoms with Crippen molar-refractivity contribution in [3.05, 3.63) is 0 Å². The minimum Gasteiger partial charge on any atom is -0.413 e. The van der Waals surface area contributed by atoms with Crippen LogP contribution in [0.4, 0.5) is 0 Å². The van der Waals surface area contributed by atoms with Gasteiger partial charge in [0.25, 0.3) is 0 Å². The molecule has 0 aliphatic carbocycles. The first-order valence-electron chi connectivity index (χ1n) is 13.9. The quantitative estimate of drug-likeness (QED) is 0.154. The van der Waals surface area contributed by atoms with Crippen LogP contribution in [0.1, 0.15) is 95.9 Å². The average Bonchev–Trinajstić information content (AvgIpc) is 2.80. The zero-order valence-corrected chi connectivity index (χ0v) is 27.1. The van der Waals surface area contributed by atoms with Crippen LogP contribution in [0.2, 0.25) is 36.3 Å². The zero-order chi connectivity index (χ0) is 27.1. The zero-order valence-electron chi connectivity index (χ0n) is 25.1. The molecule has 0 aromatic carbocycles. The maximum Gasteiger partial charge on any atom is 0.192 e. The van der Waals surface area contributed by atoms with Crippen LogP contribution < -0.4 is 0 Å². The molecule has 0 aromatic heterocycles. The summed E-state index contributed by atoms with van der Waals surface area (Å²) < 4.78 is 13.5. The van der Waals surface area contributed by atoms with Crippen molar-refractivity contribution in [2.75, 3.05) is 0 Å². The van der Waals surface area contributed by atoms with Gasteiger partial charge in [-0.2, -0.15) is 0 Å². The van der Waals surface area contributed by atoms with Crippen LogP contribution in [0, 0.1) is 23.7 Å². The normalized spacial score (nSPS) is 18.6. The van der Waals surface area contributed by atoms with E-state index < -0.39 is 22.6 Å². The molecule has 0 aliphatic rings. The highest BCUT2D eigenvalue weighted by Crippen LogP contribution is 2.39. The Morgan fingerprint density at radius 1 is 0.735 bits per heavy atom. The Labute approximate surface area is 214 Å². The van der Waals surface area contributed by atoms with E-state index in [4.69, 9.17) is 8.85 Å². The third-order valence-corrected chi connectivity index (χ3v) is 18.1. The van der Waals surface area contributed by atoms with E-state index in [9.17, 15) is 9.59 Å². The number of hydrogen-bond donors (Lipinski definition) is 0. The highest BCUT2D eigenvalue weighted by molar-refractivity contribution is 6.74. The highest BCUT2D eigenvalue weighted by atomic mass is 28.4. The largest absolute Gasteiger partial charge is 0.413 e. The minimum atomic E-state index is -2.01. The third-order valence-electron chi connectivity index (χ3n) is 8.98. The first-order valence-corrected chi connectivity index (χ1v) is 19.4. The molecule has 1 unspecified atom stereocenters. The number of rotatable bonds is 16. The Bertz CT molecular complexity index is 629. The standard InChI is InChI=1S/C28H58O4Si2/c1-15-20(6)27(32-34(17-3,18-4)19-5)23(9)26(30)22(8)25(29)21(7)24(16-2)31-33(13,14)28(10,11)12/h20-24,27H,15-19H2,1-14H3/t20-,21+,22?,23-,24-,27+/m0/s1. The van der Waals surface area contributed by atoms with Gasteiger partial charge in [0.15, 0.2) is 16.6 Å². The fraction of sp³-hybridized carbons (Fsp3) is 0.929. The molecular weight excluding hydrogens is 456 g/mol. The molecular formula is C28H58O4Si2. The molecule has 4 nitrogen and oxygen atoms in total. The molecule has 0 aliphatic heterocycles. The Kier molecular flexibility index (Phi) is 13.7. The molecule has 0 fully saturated rings. The van der Waals surface area contributed by atoms with E-state index in [0.29, 0.717) is 0 Å². The Balaban J connectivity index is 5.74. The summed E-state index contributed by atoms with van der Waals surface area (Å²) in [6.07, 6.45) is 1.45. The molecule has 34 heavy (non-hydrogen) atoms. The van der Waals surface area contributed by atoms with E-state index in [-0.39, 0.29) is 46.6 Å². The number of ketones is 2. The van der Waals surface area contributed by atoms with Crippen LogP contribution in [0.3, 0.4) is 0 Å². The molecule has 0 bridgehead atoms. The van der Waals surface area contributed by atoms with Crippen molar-refractivity contribution >= 4 is 28.2 Å². The van der Waals surface area contributed by atoms with E-state index in [2.05, 4.69) is 75.4 Å². The lowest BCUT2D eigenvalue weighted by Gasteiger charge is -2.41. The van der Waals surface area contributed by atoms with Crippen LogP contribution in [-0.4, -0.2) is 40.4 Å². The van der Waals surface area contributed by atoms with Crippen molar-refractivity contribution in [3.8, 4) is 0 Å². The summed E-state index contributed by atoms with van der Waals surface area (Å²) in [6, 6.07) is 3.17. The van der Waals surface area contributed by atoms with Gasteiger partial charge in [-0.25, -0.2) is 0 Å². The molecule has 0 rings (SSSR count). The molecule has 0 amide bonds.